The second kappa shape index (κ2) is 2.75. The zero-order valence-electron chi connectivity index (χ0n) is 7.63. The van der Waals surface area contributed by atoms with E-state index in [1.165, 1.54) is 0 Å². The fraction of sp³-hybridized carbons (Fsp3) is 0.444. The SMILES string of the molecule is Cc1cc(C(C)(C)O)c(N)cn1. The summed E-state index contributed by atoms with van der Waals surface area (Å²) in [5, 5.41) is 9.69. The highest BCUT2D eigenvalue weighted by molar-refractivity contribution is 5.47. The van der Waals surface area contributed by atoms with Gasteiger partial charge < -0.3 is 10.8 Å². The van der Waals surface area contributed by atoms with Crippen LogP contribution in [0.1, 0.15) is 25.1 Å². The van der Waals surface area contributed by atoms with Crippen molar-refractivity contribution in [3.8, 4) is 0 Å². The van der Waals surface area contributed by atoms with Gasteiger partial charge in [-0.15, -0.1) is 0 Å². The normalized spacial score (nSPS) is 11.7. The van der Waals surface area contributed by atoms with E-state index in [2.05, 4.69) is 4.98 Å². The third-order valence-corrected chi connectivity index (χ3v) is 1.73. The summed E-state index contributed by atoms with van der Waals surface area (Å²) in [7, 11) is 0. The van der Waals surface area contributed by atoms with Crippen molar-refractivity contribution in [2.75, 3.05) is 5.73 Å². The number of hydrogen-bond acceptors (Lipinski definition) is 3. The van der Waals surface area contributed by atoms with E-state index < -0.39 is 5.60 Å². The molecular formula is C9H14N2O. The Kier molecular flexibility index (Phi) is 2.06. The van der Waals surface area contributed by atoms with Crippen LogP contribution < -0.4 is 5.73 Å². The molecule has 0 unspecified atom stereocenters. The minimum absolute atomic E-state index is 0.535. The van der Waals surface area contributed by atoms with E-state index in [9.17, 15) is 5.11 Å². The molecule has 0 atom stereocenters. The molecule has 0 aliphatic carbocycles. The Morgan fingerprint density at radius 3 is 2.50 bits per heavy atom. The standard InChI is InChI=1S/C9H14N2O/c1-6-4-7(9(2,3)12)8(10)5-11-6/h4-5,12H,10H2,1-3H3. The summed E-state index contributed by atoms with van der Waals surface area (Å²) in [6, 6.07) is 1.80. The number of aryl methyl sites for hydroxylation is 1. The number of aromatic nitrogens is 1. The summed E-state index contributed by atoms with van der Waals surface area (Å²) >= 11 is 0. The van der Waals surface area contributed by atoms with Gasteiger partial charge in [0, 0.05) is 11.3 Å². The van der Waals surface area contributed by atoms with Crippen LogP contribution >= 0.6 is 0 Å². The molecule has 0 radical (unpaired) electrons. The Balaban J connectivity index is 3.23. The van der Waals surface area contributed by atoms with Gasteiger partial charge in [-0.25, -0.2) is 0 Å². The number of rotatable bonds is 1. The molecule has 1 rings (SSSR count). The summed E-state index contributed by atoms with van der Waals surface area (Å²) in [6.07, 6.45) is 1.57. The van der Waals surface area contributed by atoms with Crippen LogP contribution in [-0.2, 0) is 5.60 Å². The molecule has 1 aromatic rings. The maximum Gasteiger partial charge on any atom is 0.0861 e. The van der Waals surface area contributed by atoms with Crippen molar-refractivity contribution < 1.29 is 5.11 Å². The number of nitrogens with two attached hydrogens (primary N) is 1. The molecule has 0 amide bonds. The fourth-order valence-corrected chi connectivity index (χ4v) is 1.10. The monoisotopic (exact) mass is 166 g/mol. The number of nitrogen functional groups attached to an aromatic ring is 1. The van der Waals surface area contributed by atoms with E-state index in [4.69, 9.17) is 5.73 Å². The average molecular weight is 166 g/mol. The van der Waals surface area contributed by atoms with Crippen molar-refractivity contribution in [3.05, 3.63) is 23.5 Å². The van der Waals surface area contributed by atoms with Gasteiger partial charge in [-0.05, 0) is 26.8 Å². The lowest BCUT2D eigenvalue weighted by Crippen LogP contribution is -2.18. The molecule has 12 heavy (non-hydrogen) atoms. The lowest BCUT2D eigenvalue weighted by Gasteiger charge is -2.19. The first kappa shape index (κ1) is 9.00. The molecule has 0 bridgehead atoms. The Morgan fingerprint density at radius 2 is 2.08 bits per heavy atom. The molecule has 0 spiro atoms. The second-order valence-electron chi connectivity index (χ2n) is 3.47. The average Bonchev–Trinajstić information content (AvgIpc) is 1.92. The molecule has 1 aromatic heterocycles. The summed E-state index contributed by atoms with van der Waals surface area (Å²) in [4.78, 5) is 4.02. The Bertz CT molecular complexity index is 289. The number of nitrogens with zero attached hydrogens (tertiary/aromatic N) is 1. The van der Waals surface area contributed by atoms with Gasteiger partial charge >= 0.3 is 0 Å². The predicted molar refractivity (Wildman–Crippen MR) is 48.6 cm³/mol. The van der Waals surface area contributed by atoms with Crippen LogP contribution in [0.5, 0.6) is 0 Å². The Hall–Kier alpha value is -1.09. The van der Waals surface area contributed by atoms with Crippen LogP contribution in [0.3, 0.4) is 0 Å². The van der Waals surface area contributed by atoms with Gasteiger partial charge in [0.1, 0.15) is 0 Å². The van der Waals surface area contributed by atoms with Gasteiger partial charge in [-0.2, -0.15) is 0 Å². The molecule has 0 saturated heterocycles. The lowest BCUT2D eigenvalue weighted by molar-refractivity contribution is 0.0792. The quantitative estimate of drug-likeness (QED) is 0.659. The smallest absolute Gasteiger partial charge is 0.0861 e. The van der Waals surface area contributed by atoms with Crippen LogP contribution in [0.25, 0.3) is 0 Å². The molecule has 0 fully saturated rings. The van der Waals surface area contributed by atoms with Crippen molar-refractivity contribution in [3.63, 3.8) is 0 Å². The highest BCUT2D eigenvalue weighted by Crippen LogP contribution is 2.25. The van der Waals surface area contributed by atoms with Gasteiger partial charge in [-0.3, -0.25) is 4.98 Å². The van der Waals surface area contributed by atoms with Crippen molar-refractivity contribution in [2.45, 2.75) is 26.4 Å². The van der Waals surface area contributed by atoms with E-state index in [1.807, 2.05) is 6.92 Å². The number of pyridine rings is 1. The van der Waals surface area contributed by atoms with Crippen LogP contribution in [-0.4, -0.2) is 10.1 Å². The maximum absolute atomic E-state index is 9.69. The van der Waals surface area contributed by atoms with Gasteiger partial charge in [0.05, 0.1) is 17.5 Å². The molecule has 3 heteroatoms. The van der Waals surface area contributed by atoms with E-state index in [-0.39, 0.29) is 0 Å². The molecule has 0 saturated carbocycles. The Morgan fingerprint density at radius 1 is 1.50 bits per heavy atom. The van der Waals surface area contributed by atoms with Crippen molar-refractivity contribution >= 4 is 5.69 Å². The zero-order valence-corrected chi connectivity index (χ0v) is 7.63. The Labute approximate surface area is 72.2 Å². The van der Waals surface area contributed by atoms with Crippen molar-refractivity contribution in [1.82, 2.24) is 4.98 Å². The maximum atomic E-state index is 9.69. The molecule has 0 aromatic carbocycles. The molecule has 1 heterocycles. The number of hydrogen-bond donors (Lipinski definition) is 2. The first-order valence-corrected chi connectivity index (χ1v) is 3.86. The minimum Gasteiger partial charge on any atom is -0.397 e. The predicted octanol–water partition coefficient (Wildman–Crippen LogP) is 1.20. The molecule has 3 N–H and O–H groups in total. The highest BCUT2D eigenvalue weighted by Gasteiger charge is 2.18. The van der Waals surface area contributed by atoms with Crippen LogP contribution in [0.15, 0.2) is 12.3 Å². The van der Waals surface area contributed by atoms with E-state index in [0.717, 1.165) is 11.3 Å². The van der Waals surface area contributed by atoms with Crippen LogP contribution in [0, 0.1) is 6.92 Å². The van der Waals surface area contributed by atoms with Gasteiger partial charge in [0.15, 0.2) is 0 Å². The first-order chi connectivity index (χ1) is 5.41. The zero-order chi connectivity index (χ0) is 9.35. The van der Waals surface area contributed by atoms with Crippen LogP contribution in [0.2, 0.25) is 0 Å². The van der Waals surface area contributed by atoms with Gasteiger partial charge in [0.25, 0.3) is 0 Å². The molecule has 66 valence electrons. The summed E-state index contributed by atoms with van der Waals surface area (Å²) in [5.74, 6) is 0. The molecule has 3 nitrogen and oxygen atoms in total. The molecule has 0 aliphatic heterocycles. The van der Waals surface area contributed by atoms with Gasteiger partial charge in [-0.1, -0.05) is 0 Å². The summed E-state index contributed by atoms with van der Waals surface area (Å²) in [5.41, 5.74) is 6.89. The summed E-state index contributed by atoms with van der Waals surface area (Å²) in [6.45, 7) is 5.28. The molecular weight excluding hydrogens is 152 g/mol. The fourth-order valence-electron chi connectivity index (χ4n) is 1.10. The molecule has 0 aliphatic rings. The third-order valence-electron chi connectivity index (χ3n) is 1.73. The largest absolute Gasteiger partial charge is 0.397 e. The highest BCUT2D eigenvalue weighted by atomic mass is 16.3. The van der Waals surface area contributed by atoms with E-state index in [0.29, 0.717) is 5.69 Å². The number of anilines is 1. The first-order valence-electron chi connectivity index (χ1n) is 3.86. The lowest BCUT2D eigenvalue weighted by atomic mass is 9.97. The minimum atomic E-state index is -0.891. The van der Waals surface area contributed by atoms with E-state index >= 15 is 0 Å². The summed E-state index contributed by atoms with van der Waals surface area (Å²) < 4.78 is 0. The second-order valence-corrected chi connectivity index (χ2v) is 3.47. The third kappa shape index (κ3) is 1.74. The number of aliphatic hydroxyl groups is 1. The topological polar surface area (TPSA) is 59.1 Å². The van der Waals surface area contributed by atoms with E-state index in [1.54, 1.807) is 26.1 Å². The van der Waals surface area contributed by atoms with Gasteiger partial charge in [0.2, 0.25) is 0 Å². The van der Waals surface area contributed by atoms with Crippen molar-refractivity contribution in [2.24, 2.45) is 0 Å². The van der Waals surface area contributed by atoms with Crippen LogP contribution in [0.4, 0.5) is 5.69 Å². The van der Waals surface area contributed by atoms with Crippen molar-refractivity contribution in [1.29, 1.82) is 0 Å².